The van der Waals surface area contributed by atoms with E-state index in [0.717, 1.165) is 54.0 Å². The number of carbonyl (C=O) groups is 1. The van der Waals surface area contributed by atoms with E-state index in [2.05, 4.69) is 8.75 Å². The van der Waals surface area contributed by atoms with Gasteiger partial charge in [-0.2, -0.15) is 8.75 Å². The van der Waals surface area contributed by atoms with E-state index in [9.17, 15) is 4.79 Å². The first-order valence-corrected chi connectivity index (χ1v) is 14.5. The van der Waals surface area contributed by atoms with Gasteiger partial charge in [0.1, 0.15) is 11.0 Å². The molecule has 1 saturated carbocycles. The Hall–Kier alpha value is -4.38. The Labute approximate surface area is 246 Å². The van der Waals surface area contributed by atoms with Crippen molar-refractivity contribution in [2.24, 2.45) is 0 Å². The van der Waals surface area contributed by atoms with Gasteiger partial charge in [0.2, 0.25) is 5.88 Å². The number of methoxy groups -OCH3 is 2. The van der Waals surface area contributed by atoms with Crippen molar-refractivity contribution in [3.05, 3.63) is 59.9 Å². The molecule has 1 aliphatic carbocycles. The van der Waals surface area contributed by atoms with Gasteiger partial charge < -0.3 is 28.3 Å². The van der Waals surface area contributed by atoms with Gasteiger partial charge in [-0.05, 0) is 74.1 Å². The van der Waals surface area contributed by atoms with Crippen LogP contribution in [0.4, 0.5) is 9.18 Å². The average Bonchev–Trinajstić information content (AvgIpc) is 3.73. The molecule has 0 saturated heterocycles. The molecule has 6 rings (SSSR count). The molecule has 5 aromatic rings. The topological polar surface area (TPSA) is 93.9 Å². The number of fused-ring (bicyclic) bond motifs is 2. The molecular weight excluding hydrogens is 561 g/mol. The summed E-state index contributed by atoms with van der Waals surface area (Å²) in [7, 11) is 2.99. The summed E-state index contributed by atoms with van der Waals surface area (Å²) >= 11 is 1.15. The van der Waals surface area contributed by atoms with Crippen LogP contribution in [0.2, 0.25) is 0 Å². The van der Waals surface area contributed by atoms with E-state index in [1.807, 2.05) is 34.9 Å². The lowest BCUT2D eigenvalue weighted by Gasteiger charge is -2.17. The Bertz CT molecular complexity index is 1760. The SMILES string of the molecule is CCOC(=O)Oc1c(-c2ccc(OC)c(F)c2)c2cc(OC)c(OC3CCCC3)cc2n1Cc1ccc2nsnc2c1. The third-order valence-electron chi connectivity index (χ3n) is 7.44. The van der Waals surface area contributed by atoms with E-state index in [4.69, 9.17) is 23.7 Å². The van der Waals surface area contributed by atoms with E-state index < -0.39 is 12.0 Å². The minimum Gasteiger partial charge on any atom is -0.494 e. The number of aromatic nitrogens is 3. The van der Waals surface area contributed by atoms with Crippen molar-refractivity contribution in [3.63, 3.8) is 0 Å². The molecule has 2 aromatic heterocycles. The summed E-state index contributed by atoms with van der Waals surface area (Å²) in [6.07, 6.45) is 3.39. The van der Waals surface area contributed by atoms with Gasteiger partial charge >= 0.3 is 6.16 Å². The fourth-order valence-electron chi connectivity index (χ4n) is 5.47. The number of nitrogens with zero attached hydrogens (tertiary/aromatic N) is 3. The molecule has 9 nitrogen and oxygen atoms in total. The van der Waals surface area contributed by atoms with Crippen molar-refractivity contribution in [2.45, 2.75) is 45.3 Å². The van der Waals surface area contributed by atoms with Crippen LogP contribution in [0.15, 0.2) is 48.5 Å². The molecule has 3 aromatic carbocycles. The summed E-state index contributed by atoms with van der Waals surface area (Å²) in [6, 6.07) is 14.2. The third kappa shape index (κ3) is 5.32. The Balaban J connectivity index is 1.60. The highest BCUT2D eigenvalue weighted by Gasteiger charge is 2.27. The molecule has 0 radical (unpaired) electrons. The monoisotopic (exact) mass is 591 g/mol. The summed E-state index contributed by atoms with van der Waals surface area (Å²) in [5.74, 6) is 0.868. The standard InChI is InChI=1S/C31H30FN3O6S/c1-4-39-31(36)41-30-29(19-10-12-26(37-2)22(32)14-19)21-15-27(38-3)28(40-20-7-5-6-8-20)16-25(21)35(30)17-18-9-11-23-24(13-18)34-42-33-23/h9-16,20H,4-8,17H2,1-3H3. The first-order chi connectivity index (χ1) is 20.5. The molecule has 1 fully saturated rings. The zero-order valence-electron chi connectivity index (χ0n) is 23.5. The summed E-state index contributed by atoms with van der Waals surface area (Å²) in [5.41, 5.74) is 4.18. The van der Waals surface area contributed by atoms with Crippen molar-refractivity contribution >= 4 is 39.8 Å². The van der Waals surface area contributed by atoms with Crippen LogP contribution in [-0.4, -0.2) is 46.4 Å². The van der Waals surface area contributed by atoms with Gasteiger partial charge in [-0.25, -0.2) is 9.18 Å². The molecular formula is C31H30FN3O6S. The molecule has 0 bridgehead atoms. The van der Waals surface area contributed by atoms with E-state index >= 15 is 4.39 Å². The highest BCUT2D eigenvalue weighted by Crippen LogP contribution is 2.46. The van der Waals surface area contributed by atoms with Crippen molar-refractivity contribution < 1.29 is 32.9 Å². The number of benzene rings is 3. The Morgan fingerprint density at radius 2 is 1.76 bits per heavy atom. The van der Waals surface area contributed by atoms with Crippen LogP contribution in [0.1, 0.15) is 38.2 Å². The van der Waals surface area contributed by atoms with Gasteiger partial charge in [-0.3, -0.25) is 0 Å². The number of halogens is 1. The van der Waals surface area contributed by atoms with Crippen molar-refractivity contribution in [2.75, 3.05) is 20.8 Å². The molecule has 2 heterocycles. The van der Waals surface area contributed by atoms with E-state index in [1.54, 1.807) is 26.2 Å². The molecule has 42 heavy (non-hydrogen) atoms. The van der Waals surface area contributed by atoms with Crippen LogP contribution in [0.3, 0.4) is 0 Å². The smallest absolute Gasteiger partial charge is 0.494 e. The predicted octanol–water partition coefficient (Wildman–Crippen LogP) is 7.37. The Morgan fingerprint density at radius 3 is 2.50 bits per heavy atom. The fraction of sp³-hybridized carbons (Fsp3) is 0.323. The van der Waals surface area contributed by atoms with Gasteiger partial charge in [0.25, 0.3) is 0 Å². The molecule has 0 atom stereocenters. The third-order valence-corrected chi connectivity index (χ3v) is 8.00. The highest BCUT2D eigenvalue weighted by atomic mass is 32.1. The zero-order valence-corrected chi connectivity index (χ0v) is 24.3. The summed E-state index contributed by atoms with van der Waals surface area (Å²) in [4.78, 5) is 12.8. The van der Waals surface area contributed by atoms with Crippen LogP contribution in [0.25, 0.3) is 33.1 Å². The summed E-state index contributed by atoms with van der Waals surface area (Å²) < 4.78 is 54.0. The quantitative estimate of drug-likeness (QED) is 0.164. The van der Waals surface area contributed by atoms with Crippen molar-refractivity contribution in [1.82, 2.24) is 13.3 Å². The lowest BCUT2D eigenvalue weighted by molar-refractivity contribution is 0.101. The number of rotatable bonds is 9. The van der Waals surface area contributed by atoms with Crippen LogP contribution < -0.4 is 18.9 Å². The molecule has 0 aliphatic heterocycles. The molecule has 0 amide bonds. The van der Waals surface area contributed by atoms with E-state index in [0.29, 0.717) is 40.1 Å². The highest BCUT2D eigenvalue weighted by molar-refractivity contribution is 7.00. The van der Waals surface area contributed by atoms with Crippen LogP contribution in [-0.2, 0) is 11.3 Å². The maximum absolute atomic E-state index is 15.0. The van der Waals surface area contributed by atoms with E-state index in [-0.39, 0.29) is 24.3 Å². The van der Waals surface area contributed by atoms with Gasteiger partial charge in [-0.15, -0.1) is 0 Å². The maximum Gasteiger partial charge on any atom is 0.515 e. The largest absolute Gasteiger partial charge is 0.515 e. The second-order valence-electron chi connectivity index (χ2n) is 10.0. The second kappa shape index (κ2) is 11.8. The first kappa shape index (κ1) is 27.8. The molecule has 0 N–H and O–H groups in total. The average molecular weight is 592 g/mol. The predicted molar refractivity (Wildman–Crippen MR) is 157 cm³/mol. The zero-order chi connectivity index (χ0) is 29.2. The molecule has 218 valence electrons. The maximum atomic E-state index is 15.0. The van der Waals surface area contributed by atoms with Crippen molar-refractivity contribution in [3.8, 4) is 34.3 Å². The van der Waals surface area contributed by atoms with Gasteiger partial charge in [0, 0.05) is 11.5 Å². The molecule has 1 aliphatic rings. The number of ether oxygens (including phenoxy) is 5. The van der Waals surface area contributed by atoms with E-state index in [1.165, 1.54) is 13.2 Å². The second-order valence-corrected chi connectivity index (χ2v) is 10.6. The van der Waals surface area contributed by atoms with Crippen LogP contribution in [0.5, 0.6) is 23.1 Å². The minimum atomic E-state index is -0.870. The molecule has 0 spiro atoms. The van der Waals surface area contributed by atoms with Crippen LogP contribution in [0, 0.1) is 5.82 Å². The Kier molecular flexibility index (Phi) is 7.84. The van der Waals surface area contributed by atoms with Gasteiger partial charge in [0.15, 0.2) is 23.1 Å². The summed E-state index contributed by atoms with van der Waals surface area (Å²) in [6.45, 7) is 2.14. The fourth-order valence-corrected chi connectivity index (χ4v) is 5.99. The number of hydrogen-bond donors (Lipinski definition) is 0. The number of hydrogen-bond acceptors (Lipinski definition) is 9. The summed E-state index contributed by atoms with van der Waals surface area (Å²) in [5, 5.41) is 0.686. The first-order valence-electron chi connectivity index (χ1n) is 13.8. The lowest BCUT2D eigenvalue weighted by Crippen LogP contribution is -2.14. The van der Waals surface area contributed by atoms with Crippen molar-refractivity contribution in [1.29, 1.82) is 0 Å². The lowest BCUT2D eigenvalue weighted by atomic mass is 10.0. The van der Waals surface area contributed by atoms with Gasteiger partial charge in [-0.1, -0.05) is 12.1 Å². The Morgan fingerprint density at radius 1 is 0.976 bits per heavy atom. The molecule has 0 unspecified atom stereocenters. The normalized spacial score (nSPS) is 13.5. The van der Waals surface area contributed by atoms with Gasteiger partial charge in [0.05, 0.1) is 56.3 Å². The number of carbonyl (C=O) groups excluding carboxylic acids is 1. The van der Waals surface area contributed by atoms with Crippen LogP contribution >= 0.6 is 11.7 Å². The molecule has 11 heteroatoms. The minimum absolute atomic E-state index is 0.0877.